The summed E-state index contributed by atoms with van der Waals surface area (Å²) >= 11 is 5.01. The van der Waals surface area contributed by atoms with Gasteiger partial charge >= 0.3 is 0 Å². The van der Waals surface area contributed by atoms with Crippen LogP contribution < -0.4 is 5.32 Å². The summed E-state index contributed by atoms with van der Waals surface area (Å²) in [4.78, 5) is 1.01. The monoisotopic (exact) mass is 145 g/mol. The number of nitrogens with one attached hydrogen (secondary N) is 1. The molecule has 0 fully saturated rings. The molecule has 0 aliphatic carbocycles. The van der Waals surface area contributed by atoms with Crippen LogP contribution in [0.1, 0.15) is 33.1 Å². The van der Waals surface area contributed by atoms with Crippen molar-refractivity contribution in [3.63, 3.8) is 0 Å². The quantitative estimate of drug-likeness (QED) is 0.608. The molecule has 54 valence electrons. The molecule has 2 heteroatoms. The summed E-state index contributed by atoms with van der Waals surface area (Å²) in [5.41, 5.74) is 0. The lowest BCUT2D eigenvalue weighted by Crippen LogP contribution is -2.21. The van der Waals surface area contributed by atoms with Gasteiger partial charge in [-0.2, -0.15) is 0 Å². The zero-order chi connectivity index (χ0) is 7.11. The normalized spacial score (nSPS) is 9.11. The van der Waals surface area contributed by atoms with E-state index in [0.29, 0.717) is 0 Å². The first-order valence-electron chi connectivity index (χ1n) is 3.58. The Morgan fingerprint density at radius 1 is 1.33 bits per heavy atom. The molecule has 0 radical (unpaired) electrons. The van der Waals surface area contributed by atoms with Crippen molar-refractivity contribution in [2.75, 3.05) is 6.54 Å². The van der Waals surface area contributed by atoms with E-state index < -0.39 is 0 Å². The predicted molar refractivity (Wildman–Crippen MR) is 45.8 cm³/mol. The summed E-state index contributed by atoms with van der Waals surface area (Å²) in [5.74, 6) is 0. The molecule has 0 aliphatic rings. The SMILES string of the molecule is CCCNC(=S)CCC. The molecule has 0 unspecified atom stereocenters. The van der Waals surface area contributed by atoms with E-state index in [1.807, 2.05) is 0 Å². The molecule has 0 saturated carbocycles. The van der Waals surface area contributed by atoms with Crippen LogP contribution >= 0.6 is 12.2 Å². The van der Waals surface area contributed by atoms with Gasteiger partial charge in [0, 0.05) is 6.54 Å². The summed E-state index contributed by atoms with van der Waals surface area (Å²) in [6, 6.07) is 0. The van der Waals surface area contributed by atoms with Crippen LogP contribution in [0, 0.1) is 0 Å². The van der Waals surface area contributed by atoms with Gasteiger partial charge in [0.25, 0.3) is 0 Å². The molecule has 0 heterocycles. The standard InChI is InChI=1S/C7H15NS/c1-3-5-7(9)8-6-4-2/h3-6H2,1-2H3,(H,8,9). The number of rotatable bonds is 4. The Hall–Kier alpha value is -0.110. The Labute approximate surface area is 62.8 Å². The van der Waals surface area contributed by atoms with Gasteiger partial charge in [0.1, 0.15) is 0 Å². The van der Waals surface area contributed by atoms with E-state index >= 15 is 0 Å². The minimum atomic E-state index is 1.01. The summed E-state index contributed by atoms with van der Waals surface area (Å²) in [5, 5.41) is 3.16. The average molecular weight is 145 g/mol. The summed E-state index contributed by atoms with van der Waals surface area (Å²) in [7, 11) is 0. The van der Waals surface area contributed by atoms with E-state index in [0.717, 1.165) is 30.8 Å². The minimum absolute atomic E-state index is 1.01. The highest BCUT2D eigenvalue weighted by molar-refractivity contribution is 7.80. The molecular formula is C7H15NS. The van der Waals surface area contributed by atoms with E-state index in [-0.39, 0.29) is 0 Å². The average Bonchev–Trinajstić information content (AvgIpc) is 1.85. The zero-order valence-electron chi connectivity index (χ0n) is 6.24. The molecule has 0 spiro atoms. The lowest BCUT2D eigenvalue weighted by atomic mass is 10.3. The largest absolute Gasteiger partial charge is 0.380 e. The highest BCUT2D eigenvalue weighted by Crippen LogP contribution is 1.88. The first kappa shape index (κ1) is 8.89. The van der Waals surface area contributed by atoms with Gasteiger partial charge in [-0.05, 0) is 19.3 Å². The second kappa shape index (κ2) is 6.02. The Morgan fingerprint density at radius 3 is 2.44 bits per heavy atom. The molecule has 9 heavy (non-hydrogen) atoms. The molecule has 0 aliphatic heterocycles. The van der Waals surface area contributed by atoms with Gasteiger partial charge in [0.2, 0.25) is 0 Å². The van der Waals surface area contributed by atoms with E-state index in [9.17, 15) is 0 Å². The summed E-state index contributed by atoms with van der Waals surface area (Å²) in [6.45, 7) is 5.31. The molecular weight excluding hydrogens is 130 g/mol. The Kier molecular flexibility index (Phi) is 5.94. The molecule has 0 aromatic heterocycles. The van der Waals surface area contributed by atoms with E-state index in [2.05, 4.69) is 19.2 Å². The smallest absolute Gasteiger partial charge is 0.0753 e. The van der Waals surface area contributed by atoms with Crippen LogP contribution in [-0.2, 0) is 0 Å². The molecule has 0 atom stereocenters. The van der Waals surface area contributed by atoms with Crippen LogP contribution in [0.25, 0.3) is 0 Å². The van der Waals surface area contributed by atoms with Crippen molar-refractivity contribution in [2.24, 2.45) is 0 Å². The van der Waals surface area contributed by atoms with Gasteiger partial charge in [-0.1, -0.05) is 26.1 Å². The van der Waals surface area contributed by atoms with Crippen molar-refractivity contribution in [2.45, 2.75) is 33.1 Å². The number of thiocarbonyl (C=S) groups is 1. The van der Waals surface area contributed by atoms with Crippen molar-refractivity contribution in [1.82, 2.24) is 5.32 Å². The fourth-order valence-electron chi connectivity index (χ4n) is 0.580. The van der Waals surface area contributed by atoms with Gasteiger partial charge in [-0.25, -0.2) is 0 Å². The maximum atomic E-state index is 5.01. The zero-order valence-corrected chi connectivity index (χ0v) is 7.05. The molecule has 0 amide bonds. The molecule has 0 aromatic rings. The lowest BCUT2D eigenvalue weighted by molar-refractivity contribution is 0.824. The van der Waals surface area contributed by atoms with E-state index in [4.69, 9.17) is 12.2 Å². The Balaban J connectivity index is 3.06. The van der Waals surface area contributed by atoms with Crippen LogP contribution in [0.15, 0.2) is 0 Å². The maximum absolute atomic E-state index is 5.01. The molecule has 0 bridgehead atoms. The molecule has 1 nitrogen and oxygen atoms in total. The Bertz CT molecular complexity index is 81.0. The van der Waals surface area contributed by atoms with Crippen molar-refractivity contribution in [3.8, 4) is 0 Å². The second-order valence-electron chi connectivity index (χ2n) is 2.10. The van der Waals surface area contributed by atoms with Crippen LogP contribution in [0.2, 0.25) is 0 Å². The highest BCUT2D eigenvalue weighted by atomic mass is 32.1. The van der Waals surface area contributed by atoms with Gasteiger partial charge in [-0.15, -0.1) is 0 Å². The third-order valence-electron chi connectivity index (χ3n) is 1.05. The fraction of sp³-hybridized carbons (Fsp3) is 0.857. The van der Waals surface area contributed by atoms with Crippen LogP contribution in [0.5, 0.6) is 0 Å². The highest BCUT2D eigenvalue weighted by Gasteiger charge is 1.89. The maximum Gasteiger partial charge on any atom is 0.0753 e. The van der Waals surface area contributed by atoms with Crippen molar-refractivity contribution in [3.05, 3.63) is 0 Å². The third kappa shape index (κ3) is 5.77. The van der Waals surface area contributed by atoms with Gasteiger partial charge < -0.3 is 5.32 Å². The molecule has 0 aromatic carbocycles. The molecule has 0 saturated heterocycles. The van der Waals surface area contributed by atoms with E-state index in [1.165, 1.54) is 0 Å². The van der Waals surface area contributed by atoms with Gasteiger partial charge in [0.05, 0.1) is 4.99 Å². The minimum Gasteiger partial charge on any atom is -0.380 e. The first-order chi connectivity index (χ1) is 4.31. The second-order valence-corrected chi connectivity index (χ2v) is 2.59. The van der Waals surface area contributed by atoms with Gasteiger partial charge in [0.15, 0.2) is 0 Å². The van der Waals surface area contributed by atoms with Crippen molar-refractivity contribution < 1.29 is 0 Å². The predicted octanol–water partition coefficient (Wildman–Crippen LogP) is 2.11. The Morgan fingerprint density at radius 2 is 2.00 bits per heavy atom. The molecule has 0 rings (SSSR count). The lowest BCUT2D eigenvalue weighted by Gasteiger charge is -2.02. The number of hydrogen-bond acceptors (Lipinski definition) is 1. The van der Waals surface area contributed by atoms with Crippen LogP contribution in [-0.4, -0.2) is 11.5 Å². The summed E-state index contributed by atoms with van der Waals surface area (Å²) < 4.78 is 0. The van der Waals surface area contributed by atoms with Crippen molar-refractivity contribution >= 4 is 17.2 Å². The van der Waals surface area contributed by atoms with Crippen LogP contribution in [0.3, 0.4) is 0 Å². The number of hydrogen-bond donors (Lipinski definition) is 1. The first-order valence-corrected chi connectivity index (χ1v) is 3.98. The fourth-order valence-corrected chi connectivity index (χ4v) is 0.886. The third-order valence-corrected chi connectivity index (χ3v) is 1.40. The summed E-state index contributed by atoms with van der Waals surface area (Å²) in [6.07, 6.45) is 3.34. The topological polar surface area (TPSA) is 12.0 Å². The van der Waals surface area contributed by atoms with E-state index in [1.54, 1.807) is 0 Å². The van der Waals surface area contributed by atoms with Crippen LogP contribution in [0.4, 0.5) is 0 Å². The molecule has 1 N–H and O–H groups in total. The van der Waals surface area contributed by atoms with Crippen molar-refractivity contribution in [1.29, 1.82) is 0 Å². The van der Waals surface area contributed by atoms with Gasteiger partial charge in [-0.3, -0.25) is 0 Å².